The number of pyridine rings is 1. The molecule has 1 aromatic heterocycles. The molecule has 0 amide bonds. The minimum atomic E-state index is 0. The fourth-order valence-electron chi connectivity index (χ4n) is 2.30. The van der Waals surface area contributed by atoms with Gasteiger partial charge in [0.05, 0.1) is 21.3 Å². The lowest BCUT2D eigenvalue weighted by Gasteiger charge is -2.14. The molecular formula is C17H22ClNO3. The van der Waals surface area contributed by atoms with E-state index >= 15 is 0 Å². The van der Waals surface area contributed by atoms with E-state index in [2.05, 4.69) is 18.8 Å². The van der Waals surface area contributed by atoms with Crippen molar-refractivity contribution in [3.05, 3.63) is 46.8 Å². The highest BCUT2D eigenvalue weighted by molar-refractivity contribution is 5.85. The lowest BCUT2D eigenvalue weighted by atomic mass is 10.0. The maximum atomic E-state index is 5.39. The lowest BCUT2D eigenvalue weighted by molar-refractivity contribution is 0.324. The van der Waals surface area contributed by atoms with Crippen molar-refractivity contribution in [2.75, 3.05) is 21.3 Å². The van der Waals surface area contributed by atoms with Crippen LogP contribution in [0.15, 0.2) is 24.4 Å². The molecular weight excluding hydrogens is 302 g/mol. The highest BCUT2D eigenvalue weighted by Gasteiger charge is 2.14. The van der Waals surface area contributed by atoms with Crippen LogP contribution in [0.4, 0.5) is 0 Å². The molecule has 22 heavy (non-hydrogen) atoms. The minimum absolute atomic E-state index is 0. The molecule has 5 heteroatoms. The van der Waals surface area contributed by atoms with Gasteiger partial charge >= 0.3 is 0 Å². The van der Waals surface area contributed by atoms with Crippen molar-refractivity contribution in [1.29, 1.82) is 0 Å². The zero-order valence-electron chi connectivity index (χ0n) is 13.6. The molecule has 0 aliphatic heterocycles. The number of halogens is 1. The summed E-state index contributed by atoms with van der Waals surface area (Å²) in [6.07, 6.45) is 2.57. The Balaban J connectivity index is 0.00000242. The zero-order chi connectivity index (χ0) is 15.4. The Labute approximate surface area is 137 Å². The van der Waals surface area contributed by atoms with Crippen molar-refractivity contribution in [2.45, 2.75) is 20.3 Å². The number of hydrogen-bond acceptors (Lipinski definition) is 4. The van der Waals surface area contributed by atoms with Crippen LogP contribution in [0.3, 0.4) is 0 Å². The van der Waals surface area contributed by atoms with E-state index in [0.29, 0.717) is 17.2 Å². The summed E-state index contributed by atoms with van der Waals surface area (Å²) in [7, 11) is 4.85. The van der Waals surface area contributed by atoms with Gasteiger partial charge in [0, 0.05) is 18.3 Å². The molecule has 2 rings (SSSR count). The molecule has 0 saturated heterocycles. The van der Waals surface area contributed by atoms with Gasteiger partial charge in [-0.25, -0.2) is 0 Å². The van der Waals surface area contributed by atoms with Gasteiger partial charge in [-0.05, 0) is 48.7 Å². The third kappa shape index (κ3) is 3.63. The van der Waals surface area contributed by atoms with Crippen LogP contribution in [-0.2, 0) is 6.42 Å². The number of aromatic nitrogens is 1. The molecule has 120 valence electrons. The van der Waals surface area contributed by atoms with Crippen LogP contribution in [0.2, 0.25) is 0 Å². The summed E-state index contributed by atoms with van der Waals surface area (Å²) in [6, 6.07) is 5.95. The van der Waals surface area contributed by atoms with Crippen LogP contribution in [-0.4, -0.2) is 26.3 Å². The molecule has 2 aromatic rings. The number of methoxy groups -OCH3 is 3. The average Bonchev–Trinajstić information content (AvgIpc) is 2.50. The van der Waals surface area contributed by atoms with E-state index in [1.807, 2.05) is 24.4 Å². The molecule has 0 fully saturated rings. The average molecular weight is 324 g/mol. The normalized spacial score (nSPS) is 9.86. The van der Waals surface area contributed by atoms with E-state index in [-0.39, 0.29) is 12.4 Å². The Morgan fingerprint density at radius 3 is 2.05 bits per heavy atom. The minimum Gasteiger partial charge on any atom is -0.493 e. The second kappa shape index (κ2) is 7.90. The number of aryl methyl sites for hydroxylation is 1. The van der Waals surface area contributed by atoms with E-state index in [1.54, 1.807) is 21.3 Å². The predicted octanol–water partition coefficient (Wildman–Crippen LogP) is 3.74. The van der Waals surface area contributed by atoms with Crippen molar-refractivity contribution in [3.63, 3.8) is 0 Å². The Kier molecular flexibility index (Phi) is 6.50. The van der Waals surface area contributed by atoms with Crippen LogP contribution >= 0.6 is 12.4 Å². The van der Waals surface area contributed by atoms with E-state index in [0.717, 1.165) is 17.7 Å². The fraction of sp³-hybridized carbons (Fsp3) is 0.353. The standard InChI is InChI=1S/C17H21NO3.ClH/c1-11-6-7-18-14(12(11)2)8-13-9-15(19-3)17(21-5)16(10-13)20-4;/h6-7,9-10H,8H2,1-5H3;1H. The maximum absolute atomic E-state index is 5.39. The van der Waals surface area contributed by atoms with Crippen molar-refractivity contribution in [1.82, 2.24) is 4.98 Å². The van der Waals surface area contributed by atoms with E-state index in [9.17, 15) is 0 Å². The molecule has 0 saturated carbocycles. The molecule has 0 unspecified atom stereocenters. The second-order valence-corrected chi connectivity index (χ2v) is 4.91. The van der Waals surface area contributed by atoms with Crippen LogP contribution in [0.5, 0.6) is 17.2 Å². The summed E-state index contributed by atoms with van der Waals surface area (Å²) in [4.78, 5) is 4.48. The summed E-state index contributed by atoms with van der Waals surface area (Å²) < 4.78 is 16.1. The molecule has 0 atom stereocenters. The van der Waals surface area contributed by atoms with Gasteiger partial charge in [0.15, 0.2) is 11.5 Å². The smallest absolute Gasteiger partial charge is 0.203 e. The number of benzene rings is 1. The van der Waals surface area contributed by atoms with Gasteiger partial charge < -0.3 is 14.2 Å². The monoisotopic (exact) mass is 323 g/mol. The highest BCUT2D eigenvalue weighted by atomic mass is 35.5. The molecule has 0 bridgehead atoms. The van der Waals surface area contributed by atoms with E-state index in [4.69, 9.17) is 14.2 Å². The first-order chi connectivity index (χ1) is 10.1. The third-order valence-corrected chi connectivity index (χ3v) is 3.68. The van der Waals surface area contributed by atoms with Gasteiger partial charge in [-0.2, -0.15) is 0 Å². The lowest BCUT2D eigenvalue weighted by Crippen LogP contribution is -2.00. The van der Waals surface area contributed by atoms with Gasteiger partial charge in [0.2, 0.25) is 5.75 Å². The number of rotatable bonds is 5. The van der Waals surface area contributed by atoms with Crippen molar-refractivity contribution in [3.8, 4) is 17.2 Å². The van der Waals surface area contributed by atoms with Crippen LogP contribution in [0.1, 0.15) is 22.4 Å². The molecule has 1 aromatic carbocycles. The Hall–Kier alpha value is -1.94. The molecule has 0 spiro atoms. The van der Waals surface area contributed by atoms with Gasteiger partial charge in [-0.15, -0.1) is 12.4 Å². The summed E-state index contributed by atoms with van der Waals surface area (Å²) in [5, 5.41) is 0. The first-order valence-corrected chi connectivity index (χ1v) is 6.80. The first kappa shape index (κ1) is 18.1. The zero-order valence-corrected chi connectivity index (χ0v) is 14.4. The van der Waals surface area contributed by atoms with Gasteiger partial charge in [-0.1, -0.05) is 0 Å². The van der Waals surface area contributed by atoms with Crippen LogP contribution < -0.4 is 14.2 Å². The molecule has 4 nitrogen and oxygen atoms in total. The molecule has 0 aliphatic carbocycles. The molecule has 1 heterocycles. The second-order valence-electron chi connectivity index (χ2n) is 4.91. The van der Waals surface area contributed by atoms with Crippen LogP contribution in [0, 0.1) is 13.8 Å². The number of hydrogen-bond donors (Lipinski definition) is 0. The topological polar surface area (TPSA) is 40.6 Å². The summed E-state index contributed by atoms with van der Waals surface area (Å²) in [5.74, 6) is 1.94. The van der Waals surface area contributed by atoms with Crippen molar-refractivity contribution in [2.24, 2.45) is 0 Å². The Morgan fingerprint density at radius 2 is 1.55 bits per heavy atom. The van der Waals surface area contributed by atoms with Gasteiger partial charge in [0.1, 0.15) is 0 Å². The molecule has 0 aliphatic rings. The summed E-state index contributed by atoms with van der Waals surface area (Å²) >= 11 is 0. The maximum Gasteiger partial charge on any atom is 0.203 e. The van der Waals surface area contributed by atoms with E-state index in [1.165, 1.54) is 11.1 Å². The number of nitrogens with zero attached hydrogens (tertiary/aromatic N) is 1. The molecule has 0 N–H and O–H groups in total. The number of ether oxygens (including phenoxy) is 3. The Bertz CT molecular complexity index is 619. The highest BCUT2D eigenvalue weighted by Crippen LogP contribution is 2.38. The van der Waals surface area contributed by atoms with Gasteiger partial charge in [-0.3, -0.25) is 4.98 Å². The quantitative estimate of drug-likeness (QED) is 0.840. The van der Waals surface area contributed by atoms with E-state index < -0.39 is 0 Å². The van der Waals surface area contributed by atoms with Crippen molar-refractivity contribution >= 4 is 12.4 Å². The molecule has 0 radical (unpaired) electrons. The SMILES string of the molecule is COc1cc(Cc2nccc(C)c2C)cc(OC)c1OC.Cl. The van der Waals surface area contributed by atoms with Crippen LogP contribution in [0.25, 0.3) is 0 Å². The van der Waals surface area contributed by atoms with Gasteiger partial charge in [0.25, 0.3) is 0 Å². The third-order valence-electron chi connectivity index (χ3n) is 3.68. The largest absolute Gasteiger partial charge is 0.493 e. The fourth-order valence-corrected chi connectivity index (χ4v) is 2.30. The first-order valence-electron chi connectivity index (χ1n) is 6.80. The summed E-state index contributed by atoms with van der Waals surface area (Å²) in [6.45, 7) is 4.19. The summed E-state index contributed by atoms with van der Waals surface area (Å²) in [5.41, 5.74) is 4.59. The Morgan fingerprint density at radius 1 is 0.955 bits per heavy atom. The van der Waals surface area contributed by atoms with Crippen molar-refractivity contribution < 1.29 is 14.2 Å². The predicted molar refractivity (Wildman–Crippen MR) is 89.9 cm³/mol.